The molecule has 1 aliphatic carbocycles. The molecule has 30 heavy (non-hydrogen) atoms. The molecule has 2 amide bonds. The summed E-state index contributed by atoms with van der Waals surface area (Å²) in [6.45, 7) is 0. The molecule has 0 heterocycles. The predicted molar refractivity (Wildman–Crippen MR) is 99.6 cm³/mol. The number of nitrogens with one attached hydrogen (secondary N) is 2. The van der Waals surface area contributed by atoms with Crippen LogP contribution >= 0.6 is 0 Å². The minimum atomic E-state index is -4.19. The van der Waals surface area contributed by atoms with E-state index in [-0.39, 0.29) is 11.3 Å². The van der Waals surface area contributed by atoms with Crippen molar-refractivity contribution >= 4 is 17.5 Å². The smallest absolute Gasteiger partial charge is 0.348 e. The fraction of sp³-hybridized carbons (Fsp3) is 0.333. The van der Waals surface area contributed by atoms with Gasteiger partial charge in [-0.15, -0.1) is 0 Å². The van der Waals surface area contributed by atoms with Crippen molar-refractivity contribution in [2.75, 3.05) is 5.32 Å². The van der Waals surface area contributed by atoms with Crippen molar-refractivity contribution in [1.82, 2.24) is 5.32 Å². The highest BCUT2D eigenvalue weighted by Crippen LogP contribution is 2.32. The first-order valence-electron chi connectivity index (χ1n) is 9.43. The molecule has 160 valence electrons. The molecule has 0 bridgehead atoms. The van der Waals surface area contributed by atoms with Gasteiger partial charge in [0.15, 0.2) is 11.6 Å². The monoisotopic (exact) mass is 426 g/mol. The van der Waals surface area contributed by atoms with Crippen molar-refractivity contribution in [3.05, 3.63) is 65.0 Å². The van der Waals surface area contributed by atoms with Crippen molar-refractivity contribution in [2.24, 2.45) is 0 Å². The molecule has 0 spiro atoms. The van der Waals surface area contributed by atoms with Crippen LogP contribution in [0.2, 0.25) is 0 Å². The number of hydrogen-bond acceptors (Lipinski definition) is 2. The van der Waals surface area contributed by atoms with Gasteiger partial charge >= 0.3 is 5.92 Å². The van der Waals surface area contributed by atoms with E-state index in [1.165, 1.54) is 0 Å². The van der Waals surface area contributed by atoms with Gasteiger partial charge in [-0.3, -0.25) is 9.59 Å². The molecule has 9 heteroatoms. The summed E-state index contributed by atoms with van der Waals surface area (Å²) in [7, 11) is 0. The van der Waals surface area contributed by atoms with Crippen molar-refractivity contribution in [1.29, 1.82) is 0 Å². The Labute approximate surface area is 169 Å². The fourth-order valence-corrected chi connectivity index (χ4v) is 3.33. The van der Waals surface area contributed by atoms with Gasteiger partial charge in [-0.25, -0.2) is 13.2 Å². The van der Waals surface area contributed by atoms with E-state index >= 15 is 0 Å². The summed E-state index contributed by atoms with van der Waals surface area (Å²) < 4.78 is 69.7. The first kappa shape index (κ1) is 21.7. The number of amides is 2. The van der Waals surface area contributed by atoms with Gasteiger partial charge in [-0.2, -0.15) is 8.78 Å². The maximum Gasteiger partial charge on any atom is 0.352 e. The summed E-state index contributed by atoms with van der Waals surface area (Å²) in [6.07, 6.45) is 3.73. The van der Waals surface area contributed by atoms with E-state index in [4.69, 9.17) is 0 Å². The highest BCUT2D eigenvalue weighted by Gasteiger charge is 2.44. The number of benzene rings is 2. The largest absolute Gasteiger partial charge is 0.352 e. The zero-order valence-electron chi connectivity index (χ0n) is 15.8. The van der Waals surface area contributed by atoms with Crippen LogP contribution in [0.3, 0.4) is 0 Å². The molecule has 1 aliphatic rings. The molecule has 0 saturated heterocycles. The van der Waals surface area contributed by atoms with E-state index in [1.807, 2.05) is 0 Å². The Morgan fingerprint density at radius 1 is 0.867 bits per heavy atom. The van der Waals surface area contributed by atoms with Gasteiger partial charge in [0.25, 0.3) is 11.8 Å². The molecule has 0 aromatic heterocycles. The standard InChI is InChI=1S/C21H19F5N2O2/c22-16-8-6-12(19(29)27-14-7-9-17(23)18(24)11-14)10-15(16)21(25,26)20(30)28-13-4-2-1-3-5-13/h6-11,13H,1-5H2,(H,27,29)(H,28,30). The lowest BCUT2D eigenvalue weighted by molar-refractivity contribution is -0.148. The van der Waals surface area contributed by atoms with Gasteiger partial charge in [-0.1, -0.05) is 19.3 Å². The SMILES string of the molecule is O=C(Nc1ccc(F)c(F)c1)c1ccc(F)c(C(F)(F)C(=O)NC2CCCCC2)c1. The number of carbonyl (C=O) groups is 2. The van der Waals surface area contributed by atoms with Crippen LogP contribution in [0.1, 0.15) is 48.0 Å². The third kappa shape index (κ3) is 4.77. The average molecular weight is 426 g/mol. The second kappa shape index (κ2) is 8.81. The van der Waals surface area contributed by atoms with Gasteiger partial charge < -0.3 is 10.6 Å². The number of halogens is 5. The zero-order chi connectivity index (χ0) is 21.9. The van der Waals surface area contributed by atoms with Crippen LogP contribution in [0.15, 0.2) is 36.4 Å². The fourth-order valence-electron chi connectivity index (χ4n) is 3.33. The highest BCUT2D eigenvalue weighted by molar-refractivity contribution is 6.04. The molecule has 2 N–H and O–H groups in total. The lowest BCUT2D eigenvalue weighted by atomic mass is 9.95. The average Bonchev–Trinajstić information content (AvgIpc) is 2.71. The van der Waals surface area contributed by atoms with E-state index in [9.17, 15) is 31.5 Å². The van der Waals surface area contributed by atoms with Crippen molar-refractivity contribution in [3.8, 4) is 0 Å². The molecule has 0 atom stereocenters. The van der Waals surface area contributed by atoms with E-state index in [0.717, 1.165) is 37.5 Å². The molecule has 2 aromatic rings. The summed E-state index contributed by atoms with van der Waals surface area (Å²) in [4.78, 5) is 24.4. The highest BCUT2D eigenvalue weighted by atomic mass is 19.3. The molecule has 0 unspecified atom stereocenters. The molecule has 0 aliphatic heterocycles. The Morgan fingerprint density at radius 2 is 1.53 bits per heavy atom. The van der Waals surface area contributed by atoms with Crippen LogP contribution < -0.4 is 10.6 Å². The van der Waals surface area contributed by atoms with Gasteiger partial charge in [0.2, 0.25) is 0 Å². The van der Waals surface area contributed by atoms with Gasteiger partial charge in [-0.05, 0) is 43.2 Å². The van der Waals surface area contributed by atoms with E-state index < -0.39 is 46.8 Å². The van der Waals surface area contributed by atoms with Crippen LogP contribution in [0, 0.1) is 17.5 Å². The maximum atomic E-state index is 14.7. The van der Waals surface area contributed by atoms with Crippen molar-refractivity contribution < 1.29 is 31.5 Å². The first-order valence-corrected chi connectivity index (χ1v) is 9.43. The van der Waals surface area contributed by atoms with Crippen molar-refractivity contribution in [2.45, 2.75) is 44.1 Å². The van der Waals surface area contributed by atoms with Gasteiger partial charge in [0.05, 0.1) is 5.56 Å². The lowest BCUT2D eigenvalue weighted by Crippen LogP contribution is -2.45. The van der Waals surface area contributed by atoms with Crippen molar-refractivity contribution in [3.63, 3.8) is 0 Å². The lowest BCUT2D eigenvalue weighted by Gasteiger charge is -2.25. The van der Waals surface area contributed by atoms with E-state index in [0.29, 0.717) is 31.0 Å². The Bertz CT molecular complexity index is 958. The molecule has 4 nitrogen and oxygen atoms in total. The summed E-state index contributed by atoms with van der Waals surface area (Å²) in [5.74, 6) is -10.5. The Kier molecular flexibility index (Phi) is 6.38. The number of carbonyl (C=O) groups excluding carboxylic acids is 2. The Morgan fingerprint density at radius 3 is 2.20 bits per heavy atom. The van der Waals surface area contributed by atoms with Gasteiger partial charge in [0, 0.05) is 23.4 Å². The first-order chi connectivity index (χ1) is 14.2. The second-order valence-corrected chi connectivity index (χ2v) is 7.16. The third-order valence-electron chi connectivity index (χ3n) is 4.97. The minimum Gasteiger partial charge on any atom is -0.348 e. The van der Waals surface area contributed by atoms with E-state index in [2.05, 4.69) is 10.6 Å². The number of rotatable bonds is 5. The number of hydrogen-bond donors (Lipinski definition) is 2. The van der Waals surface area contributed by atoms with Crippen LogP contribution in [-0.4, -0.2) is 17.9 Å². The van der Waals surface area contributed by atoms with Crippen LogP contribution in [0.25, 0.3) is 0 Å². The number of anilines is 1. The quantitative estimate of drug-likeness (QED) is 0.669. The molecule has 1 saturated carbocycles. The Hall–Kier alpha value is -2.97. The molecule has 1 fully saturated rings. The molecule has 3 rings (SSSR count). The second-order valence-electron chi connectivity index (χ2n) is 7.16. The van der Waals surface area contributed by atoms with Gasteiger partial charge in [0.1, 0.15) is 5.82 Å². The molecule has 0 radical (unpaired) electrons. The summed E-state index contributed by atoms with van der Waals surface area (Å²) >= 11 is 0. The summed E-state index contributed by atoms with van der Waals surface area (Å²) in [6, 6.07) is 4.34. The third-order valence-corrected chi connectivity index (χ3v) is 4.97. The van der Waals surface area contributed by atoms with Crippen LogP contribution in [0.5, 0.6) is 0 Å². The zero-order valence-corrected chi connectivity index (χ0v) is 15.8. The van der Waals surface area contributed by atoms with E-state index in [1.54, 1.807) is 0 Å². The topological polar surface area (TPSA) is 58.2 Å². The predicted octanol–water partition coefficient (Wildman–Crippen LogP) is 4.90. The van der Waals surface area contributed by atoms with Crippen LogP contribution in [0.4, 0.5) is 27.6 Å². The normalized spacial score (nSPS) is 15.0. The van der Waals surface area contributed by atoms with Crippen LogP contribution in [-0.2, 0) is 10.7 Å². The molecular weight excluding hydrogens is 407 g/mol. The Balaban J connectivity index is 1.79. The molecular formula is C21H19F5N2O2. The maximum absolute atomic E-state index is 14.7. The minimum absolute atomic E-state index is 0.119. The number of alkyl halides is 2. The summed E-state index contributed by atoms with van der Waals surface area (Å²) in [5, 5.41) is 4.46. The summed E-state index contributed by atoms with van der Waals surface area (Å²) in [5.41, 5.74) is -1.73. The molecule has 2 aromatic carbocycles.